The molecule has 106 valence electrons. The Morgan fingerprint density at radius 2 is 2.35 bits per heavy atom. The summed E-state index contributed by atoms with van der Waals surface area (Å²) in [4.78, 5) is 4.21. The van der Waals surface area contributed by atoms with E-state index < -0.39 is 0 Å². The van der Waals surface area contributed by atoms with E-state index in [9.17, 15) is 4.39 Å². The Balaban J connectivity index is 2.03. The Labute approximate surface area is 125 Å². The molecule has 20 heavy (non-hydrogen) atoms. The molecule has 0 aliphatic carbocycles. The average molecular weight is 340 g/mol. The number of ether oxygens (including phenoxy) is 1. The second-order valence-corrected chi connectivity index (χ2v) is 5.66. The van der Waals surface area contributed by atoms with Crippen molar-refractivity contribution in [3.8, 4) is 5.69 Å². The number of aryl methyl sites for hydroxylation is 1. The van der Waals surface area contributed by atoms with Gasteiger partial charge in [0.2, 0.25) is 0 Å². The number of morpholine rings is 1. The van der Waals surface area contributed by atoms with Gasteiger partial charge in [-0.05, 0) is 40.5 Å². The van der Waals surface area contributed by atoms with E-state index in [1.54, 1.807) is 18.6 Å². The Morgan fingerprint density at radius 3 is 3.10 bits per heavy atom. The standard InChI is InChI=1S/C14H15BrFN3O/c1-9-4-11(16)10(15)5-12(9)19-8-18-6-13(19)14-7-17-2-3-20-14/h4-6,8,14,17H,2-3,7H2,1H3. The first kappa shape index (κ1) is 13.7. The number of nitrogens with zero attached hydrogens (tertiary/aromatic N) is 2. The molecule has 1 aromatic heterocycles. The van der Waals surface area contributed by atoms with Gasteiger partial charge in [-0.1, -0.05) is 0 Å². The molecule has 1 saturated heterocycles. The van der Waals surface area contributed by atoms with Crippen molar-refractivity contribution in [2.75, 3.05) is 19.7 Å². The van der Waals surface area contributed by atoms with Crippen LogP contribution in [-0.2, 0) is 4.74 Å². The van der Waals surface area contributed by atoms with E-state index in [4.69, 9.17) is 4.74 Å². The Kier molecular flexibility index (Phi) is 3.87. The predicted molar refractivity (Wildman–Crippen MR) is 77.5 cm³/mol. The first-order valence-corrected chi connectivity index (χ1v) is 7.26. The molecule has 3 rings (SSSR count). The van der Waals surface area contributed by atoms with Gasteiger partial charge < -0.3 is 14.6 Å². The fourth-order valence-corrected chi connectivity index (χ4v) is 2.73. The minimum atomic E-state index is -0.261. The van der Waals surface area contributed by atoms with Crippen LogP contribution in [0.4, 0.5) is 4.39 Å². The topological polar surface area (TPSA) is 39.1 Å². The average Bonchev–Trinajstić information content (AvgIpc) is 2.93. The Morgan fingerprint density at radius 1 is 1.50 bits per heavy atom. The molecule has 1 atom stereocenters. The van der Waals surface area contributed by atoms with Crippen LogP contribution >= 0.6 is 15.9 Å². The molecule has 0 saturated carbocycles. The minimum Gasteiger partial charge on any atom is -0.369 e. The monoisotopic (exact) mass is 339 g/mol. The molecular formula is C14H15BrFN3O. The van der Waals surface area contributed by atoms with Crippen LogP contribution in [0.2, 0.25) is 0 Å². The first-order valence-electron chi connectivity index (χ1n) is 6.47. The lowest BCUT2D eigenvalue weighted by atomic mass is 10.1. The van der Waals surface area contributed by atoms with E-state index in [0.29, 0.717) is 11.1 Å². The van der Waals surface area contributed by atoms with Crippen molar-refractivity contribution in [1.82, 2.24) is 14.9 Å². The molecule has 1 aliphatic heterocycles. The number of hydrogen-bond acceptors (Lipinski definition) is 3. The fourth-order valence-electron chi connectivity index (χ4n) is 2.40. The number of benzene rings is 1. The molecule has 1 aliphatic rings. The SMILES string of the molecule is Cc1cc(F)c(Br)cc1-n1cncc1C1CNCCO1. The van der Waals surface area contributed by atoms with Gasteiger partial charge in [0.15, 0.2) is 0 Å². The van der Waals surface area contributed by atoms with Gasteiger partial charge in [-0.15, -0.1) is 0 Å². The van der Waals surface area contributed by atoms with Gasteiger partial charge in [0, 0.05) is 13.1 Å². The van der Waals surface area contributed by atoms with Crippen LogP contribution in [0.1, 0.15) is 17.4 Å². The van der Waals surface area contributed by atoms with Gasteiger partial charge in [0.25, 0.3) is 0 Å². The molecule has 6 heteroatoms. The fraction of sp³-hybridized carbons (Fsp3) is 0.357. The maximum absolute atomic E-state index is 13.5. The van der Waals surface area contributed by atoms with Crippen molar-refractivity contribution in [2.24, 2.45) is 0 Å². The lowest BCUT2D eigenvalue weighted by Crippen LogP contribution is -2.34. The maximum atomic E-state index is 13.5. The largest absolute Gasteiger partial charge is 0.369 e. The van der Waals surface area contributed by atoms with Crippen LogP contribution in [0.15, 0.2) is 29.1 Å². The summed E-state index contributed by atoms with van der Waals surface area (Å²) in [5.74, 6) is -0.261. The molecule has 0 amide bonds. The Hall–Kier alpha value is -1.24. The molecule has 4 nitrogen and oxygen atoms in total. The van der Waals surface area contributed by atoms with Crippen molar-refractivity contribution in [1.29, 1.82) is 0 Å². The van der Waals surface area contributed by atoms with Crippen LogP contribution in [0.5, 0.6) is 0 Å². The number of imidazole rings is 1. The zero-order valence-electron chi connectivity index (χ0n) is 11.1. The third-order valence-electron chi connectivity index (χ3n) is 3.42. The molecule has 0 radical (unpaired) electrons. The summed E-state index contributed by atoms with van der Waals surface area (Å²) in [6.45, 7) is 4.19. The molecule has 2 heterocycles. The number of halogens is 2. The number of nitrogens with one attached hydrogen (secondary N) is 1. The van der Waals surface area contributed by atoms with Gasteiger partial charge >= 0.3 is 0 Å². The number of aromatic nitrogens is 2. The van der Waals surface area contributed by atoms with Gasteiger partial charge in [0.05, 0.1) is 35.0 Å². The normalized spacial score (nSPS) is 19.2. The summed E-state index contributed by atoms with van der Waals surface area (Å²) < 4.78 is 21.7. The summed E-state index contributed by atoms with van der Waals surface area (Å²) >= 11 is 3.23. The minimum absolute atomic E-state index is 0.0329. The predicted octanol–water partition coefficient (Wildman–Crippen LogP) is 2.74. The van der Waals surface area contributed by atoms with Crippen LogP contribution in [0.25, 0.3) is 5.69 Å². The third kappa shape index (κ3) is 2.51. The van der Waals surface area contributed by atoms with Crippen LogP contribution in [0, 0.1) is 12.7 Å². The molecule has 0 spiro atoms. The van der Waals surface area contributed by atoms with Crippen molar-refractivity contribution in [3.63, 3.8) is 0 Å². The van der Waals surface area contributed by atoms with Crippen LogP contribution in [0.3, 0.4) is 0 Å². The van der Waals surface area contributed by atoms with E-state index in [2.05, 4.69) is 26.2 Å². The molecule has 2 aromatic rings. The highest BCUT2D eigenvalue weighted by Crippen LogP contribution is 2.27. The van der Waals surface area contributed by atoms with Gasteiger partial charge in [-0.25, -0.2) is 9.37 Å². The van der Waals surface area contributed by atoms with E-state index in [0.717, 1.165) is 30.0 Å². The summed E-state index contributed by atoms with van der Waals surface area (Å²) in [6, 6.07) is 3.29. The molecule has 1 unspecified atom stereocenters. The third-order valence-corrected chi connectivity index (χ3v) is 4.03. The van der Waals surface area contributed by atoms with E-state index >= 15 is 0 Å². The summed E-state index contributed by atoms with van der Waals surface area (Å²) in [5.41, 5.74) is 2.73. The van der Waals surface area contributed by atoms with E-state index in [-0.39, 0.29) is 11.9 Å². The van der Waals surface area contributed by atoms with Gasteiger partial charge in [-0.3, -0.25) is 0 Å². The highest BCUT2D eigenvalue weighted by atomic mass is 79.9. The van der Waals surface area contributed by atoms with Crippen LogP contribution < -0.4 is 5.32 Å². The summed E-state index contributed by atoms with van der Waals surface area (Å²) in [5, 5.41) is 3.30. The molecule has 1 fully saturated rings. The number of rotatable bonds is 2. The van der Waals surface area contributed by atoms with Crippen LogP contribution in [-0.4, -0.2) is 29.2 Å². The van der Waals surface area contributed by atoms with E-state index in [1.807, 2.05) is 11.5 Å². The van der Waals surface area contributed by atoms with E-state index in [1.165, 1.54) is 6.07 Å². The second kappa shape index (κ2) is 5.63. The summed E-state index contributed by atoms with van der Waals surface area (Å²) in [6.07, 6.45) is 3.50. The number of hydrogen-bond donors (Lipinski definition) is 1. The highest BCUT2D eigenvalue weighted by molar-refractivity contribution is 9.10. The second-order valence-electron chi connectivity index (χ2n) is 4.80. The van der Waals surface area contributed by atoms with Crippen molar-refractivity contribution < 1.29 is 9.13 Å². The van der Waals surface area contributed by atoms with Gasteiger partial charge in [0.1, 0.15) is 11.9 Å². The molecular weight excluding hydrogens is 325 g/mol. The van der Waals surface area contributed by atoms with Crippen molar-refractivity contribution >= 4 is 15.9 Å². The van der Waals surface area contributed by atoms with Crippen molar-refractivity contribution in [3.05, 3.63) is 46.2 Å². The quantitative estimate of drug-likeness (QED) is 0.914. The zero-order valence-corrected chi connectivity index (χ0v) is 12.7. The van der Waals surface area contributed by atoms with Gasteiger partial charge in [-0.2, -0.15) is 0 Å². The highest BCUT2D eigenvalue weighted by Gasteiger charge is 2.21. The maximum Gasteiger partial charge on any atom is 0.137 e. The smallest absolute Gasteiger partial charge is 0.137 e. The molecule has 1 aromatic carbocycles. The van der Waals surface area contributed by atoms with Crippen molar-refractivity contribution in [2.45, 2.75) is 13.0 Å². The molecule has 1 N–H and O–H groups in total. The summed E-state index contributed by atoms with van der Waals surface area (Å²) in [7, 11) is 0. The molecule has 0 bridgehead atoms. The lowest BCUT2D eigenvalue weighted by molar-refractivity contribution is 0.0240. The zero-order chi connectivity index (χ0) is 14.1. The first-order chi connectivity index (χ1) is 9.66. The Bertz CT molecular complexity index is 623. The lowest BCUT2D eigenvalue weighted by Gasteiger charge is -2.25.